The largest absolute Gasteiger partial charge is 0.377 e. The minimum atomic E-state index is -0.0245. The molecule has 1 aromatic heterocycles. The summed E-state index contributed by atoms with van der Waals surface area (Å²) in [4.78, 5) is 30.0. The van der Waals surface area contributed by atoms with Gasteiger partial charge in [0, 0.05) is 56.5 Å². The number of nitrogens with one attached hydrogen (secondary N) is 1. The van der Waals surface area contributed by atoms with Crippen LogP contribution < -0.4 is 10.2 Å². The molecule has 1 aliphatic heterocycles. The van der Waals surface area contributed by atoms with E-state index in [1.165, 1.54) is 0 Å². The van der Waals surface area contributed by atoms with E-state index in [1.54, 1.807) is 11.3 Å². The highest BCUT2D eigenvalue weighted by Crippen LogP contribution is 2.26. The summed E-state index contributed by atoms with van der Waals surface area (Å²) < 4.78 is 5.82. The number of hydrogen-bond acceptors (Lipinski definition) is 5. The van der Waals surface area contributed by atoms with Gasteiger partial charge in [0.25, 0.3) is 0 Å². The molecule has 2 amide bonds. The van der Waals surface area contributed by atoms with Gasteiger partial charge >= 0.3 is 0 Å². The third kappa shape index (κ3) is 6.06. The minimum absolute atomic E-state index is 0.0245. The minimum Gasteiger partial charge on any atom is -0.377 e. The van der Waals surface area contributed by atoms with Crippen LogP contribution in [0.2, 0.25) is 0 Å². The van der Waals surface area contributed by atoms with Crippen LogP contribution in [-0.4, -0.2) is 50.1 Å². The zero-order chi connectivity index (χ0) is 21.5. The van der Waals surface area contributed by atoms with Crippen molar-refractivity contribution < 1.29 is 14.3 Å². The molecular weight excluding hydrogens is 398 g/mol. The third-order valence-corrected chi connectivity index (χ3v) is 6.11. The number of thiophene rings is 1. The van der Waals surface area contributed by atoms with Crippen LogP contribution in [0.3, 0.4) is 0 Å². The molecule has 1 N–H and O–H groups in total. The Bertz CT molecular complexity index is 845. The molecule has 6 nitrogen and oxygen atoms in total. The molecule has 1 aromatic carbocycles. The summed E-state index contributed by atoms with van der Waals surface area (Å²) in [5.41, 5.74) is 2.79. The van der Waals surface area contributed by atoms with Crippen molar-refractivity contribution in [1.82, 2.24) is 4.90 Å². The molecule has 7 heteroatoms. The Balaban J connectivity index is 1.84. The molecule has 1 saturated heterocycles. The monoisotopic (exact) mass is 429 g/mol. The standard InChI is InChI=1S/C23H31N3O3S/c1-4-22(27)24-18-9-10-21(25(2)3)17(13-18)15-26(16-19-7-5-11-29-19)23(28)14-20-8-6-12-30-20/h6,8-10,12-13,19H,4-5,7,11,14-16H2,1-3H3,(H,24,27)/t19-/m1/s1. The van der Waals surface area contributed by atoms with Crippen LogP contribution in [0.4, 0.5) is 11.4 Å². The Morgan fingerprint density at radius 1 is 1.27 bits per heavy atom. The van der Waals surface area contributed by atoms with Gasteiger partial charge in [-0.3, -0.25) is 9.59 Å². The predicted octanol–water partition coefficient (Wildman–Crippen LogP) is 3.91. The van der Waals surface area contributed by atoms with Crippen molar-refractivity contribution in [3.8, 4) is 0 Å². The second kappa shape index (κ2) is 10.6. The van der Waals surface area contributed by atoms with Gasteiger partial charge in [-0.05, 0) is 48.1 Å². The van der Waals surface area contributed by atoms with Crippen LogP contribution in [0.25, 0.3) is 0 Å². The molecule has 0 saturated carbocycles. The molecule has 2 aromatic rings. The van der Waals surface area contributed by atoms with Crippen molar-refractivity contribution in [2.75, 3.05) is 37.5 Å². The smallest absolute Gasteiger partial charge is 0.228 e. The number of carbonyl (C=O) groups excluding carboxylic acids is 2. The number of benzene rings is 1. The maximum atomic E-state index is 13.2. The lowest BCUT2D eigenvalue weighted by molar-refractivity contribution is -0.132. The van der Waals surface area contributed by atoms with E-state index >= 15 is 0 Å². The summed E-state index contributed by atoms with van der Waals surface area (Å²) in [7, 11) is 3.97. The third-order valence-electron chi connectivity index (χ3n) is 5.23. The predicted molar refractivity (Wildman–Crippen MR) is 122 cm³/mol. The maximum absolute atomic E-state index is 13.2. The van der Waals surface area contributed by atoms with E-state index in [-0.39, 0.29) is 17.9 Å². The molecule has 0 radical (unpaired) electrons. The summed E-state index contributed by atoms with van der Waals surface area (Å²) in [5.74, 6) is 0.0733. The quantitative estimate of drug-likeness (QED) is 0.656. The Labute approximate surface area is 182 Å². The van der Waals surface area contributed by atoms with Crippen molar-refractivity contribution in [3.05, 3.63) is 46.2 Å². The molecule has 1 atom stereocenters. The number of amides is 2. The van der Waals surface area contributed by atoms with E-state index in [4.69, 9.17) is 4.74 Å². The van der Waals surface area contributed by atoms with Crippen LogP contribution in [0, 0.1) is 0 Å². The summed E-state index contributed by atoms with van der Waals surface area (Å²) in [6, 6.07) is 9.85. The second-order valence-electron chi connectivity index (χ2n) is 7.81. The van der Waals surface area contributed by atoms with Crippen LogP contribution in [-0.2, 0) is 27.3 Å². The van der Waals surface area contributed by atoms with Gasteiger partial charge in [0.2, 0.25) is 11.8 Å². The Morgan fingerprint density at radius 3 is 2.73 bits per heavy atom. The molecule has 0 bridgehead atoms. The van der Waals surface area contributed by atoms with E-state index in [0.29, 0.717) is 25.9 Å². The summed E-state index contributed by atoms with van der Waals surface area (Å²) >= 11 is 1.60. The highest BCUT2D eigenvalue weighted by Gasteiger charge is 2.24. The van der Waals surface area contributed by atoms with Crippen molar-refractivity contribution in [2.24, 2.45) is 0 Å². The fraction of sp³-hybridized carbons (Fsp3) is 0.478. The highest BCUT2D eigenvalue weighted by molar-refractivity contribution is 7.10. The maximum Gasteiger partial charge on any atom is 0.228 e. The van der Waals surface area contributed by atoms with E-state index < -0.39 is 0 Å². The van der Waals surface area contributed by atoms with Gasteiger partial charge in [-0.15, -0.1) is 11.3 Å². The highest BCUT2D eigenvalue weighted by atomic mass is 32.1. The van der Waals surface area contributed by atoms with E-state index in [0.717, 1.165) is 41.3 Å². The average molecular weight is 430 g/mol. The summed E-state index contributed by atoms with van der Waals surface area (Å²) in [6.07, 6.45) is 2.93. The average Bonchev–Trinajstić information content (AvgIpc) is 3.41. The fourth-order valence-electron chi connectivity index (χ4n) is 3.64. The molecule has 0 spiro atoms. The number of ether oxygens (including phenoxy) is 1. The van der Waals surface area contributed by atoms with Gasteiger partial charge in [0.05, 0.1) is 12.5 Å². The molecular formula is C23H31N3O3S. The van der Waals surface area contributed by atoms with Crippen molar-refractivity contribution in [1.29, 1.82) is 0 Å². The molecule has 3 rings (SSSR count). The topological polar surface area (TPSA) is 61.9 Å². The Kier molecular flexibility index (Phi) is 7.87. The van der Waals surface area contributed by atoms with E-state index in [2.05, 4.69) is 5.32 Å². The van der Waals surface area contributed by atoms with Crippen molar-refractivity contribution in [3.63, 3.8) is 0 Å². The number of carbonyl (C=O) groups is 2. The first-order chi connectivity index (χ1) is 14.5. The number of nitrogens with zero attached hydrogens (tertiary/aromatic N) is 2. The molecule has 1 fully saturated rings. The molecule has 0 unspecified atom stereocenters. The lowest BCUT2D eigenvalue weighted by Crippen LogP contribution is -2.38. The van der Waals surface area contributed by atoms with Gasteiger partial charge in [-0.1, -0.05) is 13.0 Å². The first-order valence-corrected chi connectivity index (χ1v) is 11.4. The first kappa shape index (κ1) is 22.3. The second-order valence-corrected chi connectivity index (χ2v) is 8.84. The zero-order valence-corrected chi connectivity index (χ0v) is 18.8. The van der Waals surface area contributed by atoms with Crippen LogP contribution in [0.1, 0.15) is 36.6 Å². The van der Waals surface area contributed by atoms with E-state index in [1.807, 2.05) is 66.5 Å². The van der Waals surface area contributed by atoms with Crippen LogP contribution in [0.15, 0.2) is 35.7 Å². The zero-order valence-electron chi connectivity index (χ0n) is 18.0. The van der Waals surface area contributed by atoms with Crippen molar-refractivity contribution in [2.45, 2.75) is 45.3 Å². The molecule has 2 heterocycles. The number of rotatable bonds is 9. The molecule has 30 heavy (non-hydrogen) atoms. The molecule has 0 aliphatic carbocycles. The van der Waals surface area contributed by atoms with Gasteiger partial charge in [0.1, 0.15) is 0 Å². The molecule has 1 aliphatic rings. The van der Waals surface area contributed by atoms with Crippen LogP contribution >= 0.6 is 11.3 Å². The lowest BCUT2D eigenvalue weighted by Gasteiger charge is -2.28. The van der Waals surface area contributed by atoms with Crippen molar-refractivity contribution >= 4 is 34.5 Å². The first-order valence-electron chi connectivity index (χ1n) is 10.5. The fourth-order valence-corrected chi connectivity index (χ4v) is 4.34. The van der Waals surface area contributed by atoms with Crippen LogP contribution in [0.5, 0.6) is 0 Å². The SMILES string of the molecule is CCC(=O)Nc1ccc(N(C)C)c(CN(C[C@H]2CCCO2)C(=O)Cc2cccs2)c1. The summed E-state index contributed by atoms with van der Waals surface area (Å²) in [5, 5.41) is 4.92. The van der Waals surface area contributed by atoms with Gasteiger partial charge in [-0.25, -0.2) is 0 Å². The number of anilines is 2. The Hall–Kier alpha value is -2.38. The van der Waals surface area contributed by atoms with E-state index in [9.17, 15) is 9.59 Å². The summed E-state index contributed by atoms with van der Waals surface area (Å²) in [6.45, 7) is 3.66. The Morgan fingerprint density at radius 2 is 2.10 bits per heavy atom. The van der Waals surface area contributed by atoms with Gasteiger partial charge in [0.15, 0.2) is 0 Å². The van der Waals surface area contributed by atoms with Gasteiger partial charge < -0.3 is 19.9 Å². The lowest BCUT2D eigenvalue weighted by atomic mass is 10.1. The normalized spacial score (nSPS) is 15.8. The van der Waals surface area contributed by atoms with Gasteiger partial charge in [-0.2, -0.15) is 0 Å². The number of hydrogen-bond donors (Lipinski definition) is 1. The molecule has 162 valence electrons.